The van der Waals surface area contributed by atoms with Crippen molar-refractivity contribution in [2.24, 2.45) is 0 Å². The second kappa shape index (κ2) is 19.3. The van der Waals surface area contributed by atoms with Gasteiger partial charge in [0, 0.05) is 0 Å². The quantitative estimate of drug-likeness (QED) is 0.177. The fourth-order valence-electron chi connectivity index (χ4n) is 5.78. The van der Waals surface area contributed by atoms with E-state index in [2.05, 4.69) is 24.3 Å². The van der Waals surface area contributed by atoms with Gasteiger partial charge in [-0.1, -0.05) is 99.9 Å². The molecule has 0 spiro atoms. The minimum absolute atomic E-state index is 0.288. The van der Waals surface area contributed by atoms with Crippen LogP contribution in [0.2, 0.25) is 0 Å². The standard InChI is InChI=1S/C42H48O6/c43-41-37-17-13-33(14-18-37)35-21-25-39(26-22-35)45-29-9-5-1-2-6-10-30-46-40-27-23-36(24-28-40)34-15-19-38(20-16-34)42(44)48-32-12-8-4-3-7-11-31-47-41/h13-28H,1-12,29-32H2. The van der Waals surface area contributed by atoms with E-state index in [1.54, 1.807) is 0 Å². The zero-order chi connectivity index (χ0) is 33.2. The molecule has 252 valence electrons. The molecule has 4 aromatic rings. The largest absolute Gasteiger partial charge is 0.494 e. The summed E-state index contributed by atoms with van der Waals surface area (Å²) in [6.07, 6.45) is 12.5. The summed E-state index contributed by atoms with van der Waals surface area (Å²) in [5.74, 6) is 1.18. The number of hydrogen-bond donors (Lipinski definition) is 0. The lowest BCUT2D eigenvalue weighted by Crippen LogP contribution is -2.06. The summed E-state index contributed by atoms with van der Waals surface area (Å²) in [4.78, 5) is 25.0. The Balaban J connectivity index is 1.10. The maximum absolute atomic E-state index is 12.5. The normalized spacial score (nSPS) is 16.6. The first-order valence-electron chi connectivity index (χ1n) is 17.7. The Morgan fingerprint density at radius 1 is 0.271 bits per heavy atom. The Hall–Kier alpha value is -4.58. The predicted molar refractivity (Wildman–Crippen MR) is 191 cm³/mol. The van der Waals surface area contributed by atoms with E-state index in [-0.39, 0.29) is 11.9 Å². The van der Waals surface area contributed by atoms with Gasteiger partial charge in [0.25, 0.3) is 0 Å². The summed E-state index contributed by atoms with van der Waals surface area (Å²) in [5.41, 5.74) is 5.37. The van der Waals surface area contributed by atoms with Gasteiger partial charge in [0.2, 0.25) is 0 Å². The molecule has 11 rings (SSSR count). The molecule has 0 N–H and O–H groups in total. The lowest BCUT2D eigenvalue weighted by molar-refractivity contribution is 0.0484. The van der Waals surface area contributed by atoms with Crippen LogP contribution in [-0.2, 0) is 9.47 Å². The maximum atomic E-state index is 12.5. The van der Waals surface area contributed by atoms with Crippen LogP contribution in [-0.4, -0.2) is 38.4 Å². The van der Waals surface area contributed by atoms with Crippen LogP contribution in [0.15, 0.2) is 97.1 Å². The van der Waals surface area contributed by atoms with Crippen molar-refractivity contribution >= 4 is 11.9 Å². The van der Waals surface area contributed by atoms with Gasteiger partial charge in [0.15, 0.2) is 0 Å². The fraction of sp³-hybridized carbons (Fsp3) is 0.381. The van der Waals surface area contributed by atoms with Crippen LogP contribution < -0.4 is 9.47 Å². The van der Waals surface area contributed by atoms with E-state index in [1.165, 1.54) is 12.8 Å². The monoisotopic (exact) mass is 648 g/mol. The summed E-state index contributed by atoms with van der Waals surface area (Å²) < 4.78 is 22.9. The number of benzene rings is 4. The number of carbonyl (C=O) groups excluding carboxylic acids is 2. The first kappa shape index (κ1) is 34.7. The molecule has 0 saturated carbocycles. The zero-order valence-corrected chi connectivity index (χ0v) is 28.0. The number of rotatable bonds is 0. The van der Waals surface area contributed by atoms with E-state index in [1.807, 2.05) is 72.8 Å². The Bertz CT molecular complexity index is 1410. The smallest absolute Gasteiger partial charge is 0.338 e. The molecule has 0 atom stereocenters. The third-order valence-corrected chi connectivity index (χ3v) is 8.70. The van der Waals surface area contributed by atoms with Crippen LogP contribution in [0.3, 0.4) is 0 Å². The second-order valence-electron chi connectivity index (χ2n) is 12.4. The van der Waals surface area contributed by atoms with Crippen LogP contribution in [0.4, 0.5) is 0 Å². The van der Waals surface area contributed by atoms with Crippen molar-refractivity contribution in [1.29, 1.82) is 0 Å². The van der Waals surface area contributed by atoms with Crippen molar-refractivity contribution in [3.05, 3.63) is 108 Å². The highest BCUT2D eigenvalue weighted by Crippen LogP contribution is 2.25. The molecular weight excluding hydrogens is 600 g/mol. The van der Waals surface area contributed by atoms with E-state index in [0.29, 0.717) is 37.6 Å². The summed E-state index contributed by atoms with van der Waals surface area (Å²) in [6, 6.07) is 31.4. The van der Waals surface area contributed by atoms with Crippen molar-refractivity contribution in [1.82, 2.24) is 0 Å². The van der Waals surface area contributed by atoms with Gasteiger partial charge in [-0.25, -0.2) is 9.59 Å². The number of ether oxygens (including phenoxy) is 4. The van der Waals surface area contributed by atoms with Gasteiger partial charge in [-0.3, -0.25) is 0 Å². The van der Waals surface area contributed by atoms with E-state index >= 15 is 0 Å². The van der Waals surface area contributed by atoms with Crippen molar-refractivity contribution in [2.45, 2.75) is 77.0 Å². The topological polar surface area (TPSA) is 71.1 Å². The maximum Gasteiger partial charge on any atom is 0.338 e. The molecule has 0 radical (unpaired) electrons. The highest BCUT2D eigenvalue weighted by Gasteiger charge is 2.10. The molecule has 0 aromatic heterocycles. The van der Waals surface area contributed by atoms with Crippen molar-refractivity contribution in [3.8, 4) is 33.8 Å². The van der Waals surface area contributed by atoms with Crippen LogP contribution in [0.1, 0.15) is 97.8 Å². The third-order valence-electron chi connectivity index (χ3n) is 8.70. The molecule has 48 heavy (non-hydrogen) atoms. The Labute approximate surface area is 285 Å². The summed E-state index contributed by atoms with van der Waals surface area (Å²) in [7, 11) is 0. The highest BCUT2D eigenvalue weighted by molar-refractivity contribution is 5.90. The highest BCUT2D eigenvalue weighted by atomic mass is 16.5. The van der Waals surface area contributed by atoms with Gasteiger partial charge in [-0.15, -0.1) is 0 Å². The molecule has 0 fully saturated rings. The zero-order valence-electron chi connectivity index (χ0n) is 28.0. The van der Waals surface area contributed by atoms with Crippen molar-refractivity contribution < 1.29 is 28.5 Å². The molecular formula is C42H48O6. The van der Waals surface area contributed by atoms with Gasteiger partial charge in [0.1, 0.15) is 11.5 Å². The van der Waals surface area contributed by atoms with Gasteiger partial charge < -0.3 is 18.9 Å². The summed E-state index contributed by atoms with van der Waals surface area (Å²) >= 11 is 0. The van der Waals surface area contributed by atoms with E-state index in [4.69, 9.17) is 18.9 Å². The molecule has 6 nitrogen and oxygen atoms in total. The van der Waals surface area contributed by atoms with E-state index in [9.17, 15) is 9.59 Å². The number of esters is 2. The van der Waals surface area contributed by atoms with Gasteiger partial charge in [-0.2, -0.15) is 0 Å². The lowest BCUT2D eigenvalue weighted by Gasteiger charge is -2.09. The average Bonchev–Trinajstić information content (AvgIpc) is 3.13. The third kappa shape index (κ3) is 11.3. The summed E-state index contributed by atoms with van der Waals surface area (Å²) in [5, 5.41) is 0. The Morgan fingerprint density at radius 3 is 0.812 bits per heavy atom. The van der Waals surface area contributed by atoms with E-state index < -0.39 is 0 Å². The van der Waals surface area contributed by atoms with Crippen LogP contribution in [0.25, 0.3) is 22.3 Å². The molecule has 0 aliphatic carbocycles. The van der Waals surface area contributed by atoms with Crippen LogP contribution in [0, 0.1) is 0 Å². The first-order valence-corrected chi connectivity index (χ1v) is 17.7. The SMILES string of the molecule is O=C1OCCCCCCCCOC(=O)c2ccc(cc2)-c2ccc(cc2)OCCCCCCCCOc2ccc(cc2)-c2ccc1cc2. The number of hydrogen-bond acceptors (Lipinski definition) is 6. The van der Waals surface area contributed by atoms with Crippen molar-refractivity contribution in [3.63, 3.8) is 0 Å². The summed E-state index contributed by atoms with van der Waals surface area (Å²) in [6.45, 7) is 2.26. The fourth-order valence-corrected chi connectivity index (χ4v) is 5.78. The first-order chi connectivity index (χ1) is 23.7. The van der Waals surface area contributed by atoms with Gasteiger partial charge >= 0.3 is 11.9 Å². The molecule has 4 aromatic carbocycles. The average molecular weight is 649 g/mol. The molecule has 7 heterocycles. The number of carbonyl (C=O) groups is 2. The van der Waals surface area contributed by atoms with Crippen LogP contribution in [0.5, 0.6) is 11.5 Å². The Morgan fingerprint density at radius 2 is 0.500 bits per heavy atom. The van der Waals surface area contributed by atoms with E-state index in [0.717, 1.165) is 98.0 Å². The second-order valence-corrected chi connectivity index (χ2v) is 12.4. The molecule has 7 aliphatic heterocycles. The Kier molecular flexibility index (Phi) is 14.0. The molecule has 0 unspecified atom stereocenters. The molecule has 0 amide bonds. The predicted octanol–water partition coefficient (Wildman–Crippen LogP) is 10.5. The lowest BCUT2D eigenvalue weighted by atomic mass is 10.0. The molecule has 7 aliphatic rings. The van der Waals surface area contributed by atoms with Crippen LogP contribution >= 0.6 is 0 Å². The minimum atomic E-state index is -0.288. The van der Waals surface area contributed by atoms with Crippen molar-refractivity contribution in [2.75, 3.05) is 26.4 Å². The van der Waals surface area contributed by atoms with Gasteiger partial charge in [-0.05, 0) is 96.5 Å². The molecule has 6 heteroatoms. The molecule has 0 saturated heterocycles. The minimum Gasteiger partial charge on any atom is -0.494 e. The molecule has 8 bridgehead atoms. The van der Waals surface area contributed by atoms with Gasteiger partial charge in [0.05, 0.1) is 37.6 Å².